The van der Waals surface area contributed by atoms with Crippen LogP contribution in [0, 0.1) is 5.92 Å². The first-order valence-corrected chi connectivity index (χ1v) is 10.3. The molecule has 0 aromatic heterocycles. The van der Waals surface area contributed by atoms with E-state index in [4.69, 9.17) is 4.74 Å². The fourth-order valence-electron chi connectivity index (χ4n) is 3.45. The van der Waals surface area contributed by atoms with E-state index in [1.165, 1.54) is 0 Å². The number of anilines is 1. The van der Waals surface area contributed by atoms with Gasteiger partial charge in [0.1, 0.15) is 11.8 Å². The van der Waals surface area contributed by atoms with Crippen molar-refractivity contribution in [3.63, 3.8) is 0 Å². The molecule has 1 unspecified atom stereocenters. The second-order valence-corrected chi connectivity index (χ2v) is 7.70. The van der Waals surface area contributed by atoms with Gasteiger partial charge in [-0.2, -0.15) is 0 Å². The molecule has 1 atom stereocenters. The van der Waals surface area contributed by atoms with Crippen LogP contribution < -0.4 is 15.4 Å². The summed E-state index contributed by atoms with van der Waals surface area (Å²) in [4.78, 5) is 26.4. The van der Waals surface area contributed by atoms with E-state index in [2.05, 4.69) is 10.6 Å². The fraction of sp³-hybridized carbons (Fsp3) is 0.231. The molecule has 0 saturated heterocycles. The van der Waals surface area contributed by atoms with Crippen molar-refractivity contribution in [1.29, 1.82) is 0 Å². The number of carbonyl (C=O) groups excluding carboxylic acids is 2. The average molecular weight is 417 g/mol. The smallest absolute Gasteiger partial charge is 0.247 e. The minimum atomic E-state index is -0.676. The Morgan fingerprint density at radius 1 is 0.742 bits per heavy atom. The van der Waals surface area contributed by atoms with Crippen LogP contribution >= 0.6 is 0 Å². The molecule has 0 heterocycles. The van der Waals surface area contributed by atoms with Crippen LogP contribution in [0.5, 0.6) is 5.75 Å². The van der Waals surface area contributed by atoms with Crippen molar-refractivity contribution in [2.24, 2.45) is 5.92 Å². The van der Waals surface area contributed by atoms with E-state index in [1.807, 2.05) is 74.5 Å². The summed E-state index contributed by atoms with van der Waals surface area (Å²) in [6.45, 7) is 3.83. The molecule has 2 amide bonds. The molecule has 31 heavy (non-hydrogen) atoms. The Bertz CT molecular complexity index is 947. The summed E-state index contributed by atoms with van der Waals surface area (Å²) in [7, 11) is 1.59. The lowest BCUT2D eigenvalue weighted by atomic mass is 9.89. The van der Waals surface area contributed by atoms with Gasteiger partial charge in [0.2, 0.25) is 11.8 Å². The van der Waals surface area contributed by atoms with Crippen molar-refractivity contribution in [3.8, 4) is 5.75 Å². The summed E-state index contributed by atoms with van der Waals surface area (Å²) < 4.78 is 5.15. The quantitative estimate of drug-likeness (QED) is 0.564. The molecule has 5 heteroatoms. The topological polar surface area (TPSA) is 67.4 Å². The van der Waals surface area contributed by atoms with E-state index >= 15 is 0 Å². The Balaban J connectivity index is 1.81. The standard InChI is InChI=1S/C26H28N2O3/c1-18(2)24(26(30)27-21-14-16-22(31-3)17-15-21)28-25(29)23(19-10-6-4-7-11-19)20-12-8-5-9-13-20/h4-18,23-24H,1-3H3,(H,27,30)(H,28,29). The lowest BCUT2D eigenvalue weighted by Crippen LogP contribution is -2.48. The maximum absolute atomic E-state index is 13.4. The highest BCUT2D eigenvalue weighted by molar-refractivity contribution is 5.98. The van der Waals surface area contributed by atoms with E-state index in [0.29, 0.717) is 11.4 Å². The first-order valence-electron chi connectivity index (χ1n) is 10.3. The second kappa shape index (κ2) is 10.4. The molecule has 0 aliphatic carbocycles. The normalized spacial score (nSPS) is 11.8. The van der Waals surface area contributed by atoms with Gasteiger partial charge in [0, 0.05) is 5.69 Å². The van der Waals surface area contributed by atoms with Crippen LogP contribution in [0.2, 0.25) is 0 Å². The number of hydrogen-bond donors (Lipinski definition) is 2. The summed E-state index contributed by atoms with van der Waals surface area (Å²) in [5, 5.41) is 5.87. The molecule has 5 nitrogen and oxygen atoms in total. The van der Waals surface area contributed by atoms with Gasteiger partial charge >= 0.3 is 0 Å². The Morgan fingerprint density at radius 3 is 1.71 bits per heavy atom. The molecule has 0 aliphatic rings. The third kappa shape index (κ3) is 5.72. The highest BCUT2D eigenvalue weighted by atomic mass is 16.5. The molecular weight excluding hydrogens is 388 g/mol. The molecule has 0 aliphatic heterocycles. The molecule has 0 spiro atoms. The first kappa shape index (κ1) is 22.1. The van der Waals surface area contributed by atoms with E-state index in [9.17, 15) is 9.59 Å². The van der Waals surface area contributed by atoms with E-state index in [-0.39, 0.29) is 17.7 Å². The number of hydrogen-bond acceptors (Lipinski definition) is 3. The van der Waals surface area contributed by atoms with Gasteiger partial charge in [-0.15, -0.1) is 0 Å². The minimum Gasteiger partial charge on any atom is -0.497 e. The van der Waals surface area contributed by atoms with Crippen LogP contribution in [0.25, 0.3) is 0 Å². The lowest BCUT2D eigenvalue weighted by Gasteiger charge is -2.25. The molecular formula is C26H28N2O3. The third-order valence-corrected chi connectivity index (χ3v) is 5.13. The second-order valence-electron chi connectivity index (χ2n) is 7.70. The maximum atomic E-state index is 13.4. The summed E-state index contributed by atoms with van der Waals surface area (Å²) in [5.41, 5.74) is 2.40. The number of methoxy groups -OCH3 is 1. The van der Waals surface area contributed by atoms with Crippen LogP contribution in [-0.4, -0.2) is 25.0 Å². The zero-order valence-electron chi connectivity index (χ0n) is 18.0. The van der Waals surface area contributed by atoms with Crippen molar-refractivity contribution < 1.29 is 14.3 Å². The summed E-state index contributed by atoms with van der Waals surface area (Å²) >= 11 is 0. The number of benzene rings is 3. The lowest BCUT2D eigenvalue weighted by molar-refractivity contribution is -0.127. The van der Waals surface area contributed by atoms with Gasteiger partial charge in [-0.25, -0.2) is 0 Å². The molecule has 2 N–H and O–H groups in total. The maximum Gasteiger partial charge on any atom is 0.247 e. The van der Waals surface area contributed by atoms with Crippen molar-refractivity contribution in [1.82, 2.24) is 5.32 Å². The number of ether oxygens (including phenoxy) is 1. The third-order valence-electron chi connectivity index (χ3n) is 5.13. The van der Waals surface area contributed by atoms with Crippen LogP contribution in [0.1, 0.15) is 30.9 Å². The fourth-order valence-corrected chi connectivity index (χ4v) is 3.45. The zero-order valence-corrected chi connectivity index (χ0v) is 18.0. The van der Waals surface area contributed by atoms with Gasteiger partial charge in [0.05, 0.1) is 13.0 Å². The van der Waals surface area contributed by atoms with Gasteiger partial charge in [-0.05, 0) is 41.3 Å². The van der Waals surface area contributed by atoms with Crippen LogP contribution in [0.15, 0.2) is 84.9 Å². The van der Waals surface area contributed by atoms with Crippen molar-refractivity contribution in [2.75, 3.05) is 12.4 Å². The summed E-state index contributed by atoms with van der Waals surface area (Å²) in [6.07, 6.45) is 0. The number of rotatable bonds is 8. The van der Waals surface area contributed by atoms with E-state index in [0.717, 1.165) is 11.1 Å². The highest BCUT2D eigenvalue weighted by Crippen LogP contribution is 2.25. The molecule has 160 valence electrons. The molecule has 3 aromatic carbocycles. The summed E-state index contributed by atoms with van der Waals surface area (Å²) in [5.74, 6) is -0.346. The van der Waals surface area contributed by atoms with Crippen molar-refractivity contribution in [2.45, 2.75) is 25.8 Å². The predicted molar refractivity (Wildman–Crippen MR) is 123 cm³/mol. The number of nitrogens with one attached hydrogen (secondary N) is 2. The van der Waals surface area contributed by atoms with Crippen LogP contribution in [-0.2, 0) is 9.59 Å². The highest BCUT2D eigenvalue weighted by Gasteiger charge is 2.29. The first-order chi connectivity index (χ1) is 15.0. The van der Waals surface area contributed by atoms with Gasteiger partial charge in [-0.1, -0.05) is 74.5 Å². The molecule has 3 rings (SSSR count). The zero-order chi connectivity index (χ0) is 22.2. The molecule has 0 radical (unpaired) electrons. The van der Waals surface area contributed by atoms with Crippen molar-refractivity contribution in [3.05, 3.63) is 96.1 Å². The summed E-state index contributed by atoms with van der Waals surface area (Å²) in [6, 6.07) is 25.6. The van der Waals surface area contributed by atoms with E-state index in [1.54, 1.807) is 31.4 Å². The minimum absolute atomic E-state index is 0.0885. The SMILES string of the molecule is COc1ccc(NC(=O)C(NC(=O)C(c2ccccc2)c2ccccc2)C(C)C)cc1. The predicted octanol–water partition coefficient (Wildman–Crippen LogP) is 4.61. The molecule has 0 saturated carbocycles. The average Bonchev–Trinajstić information content (AvgIpc) is 2.79. The Labute approximate surface area is 183 Å². The van der Waals surface area contributed by atoms with Gasteiger partial charge < -0.3 is 15.4 Å². The molecule has 0 fully saturated rings. The largest absolute Gasteiger partial charge is 0.497 e. The van der Waals surface area contributed by atoms with Crippen LogP contribution in [0.4, 0.5) is 5.69 Å². The Morgan fingerprint density at radius 2 is 1.26 bits per heavy atom. The van der Waals surface area contributed by atoms with Gasteiger partial charge in [0.15, 0.2) is 0 Å². The van der Waals surface area contributed by atoms with Gasteiger partial charge in [-0.3, -0.25) is 9.59 Å². The van der Waals surface area contributed by atoms with E-state index < -0.39 is 12.0 Å². The Kier molecular flexibility index (Phi) is 7.44. The molecule has 0 bridgehead atoms. The van der Waals surface area contributed by atoms with Crippen LogP contribution in [0.3, 0.4) is 0 Å². The monoisotopic (exact) mass is 416 g/mol. The van der Waals surface area contributed by atoms with Crippen molar-refractivity contribution >= 4 is 17.5 Å². The Hall–Kier alpha value is -3.60. The number of carbonyl (C=O) groups is 2. The number of amides is 2. The molecule has 3 aromatic rings. The van der Waals surface area contributed by atoms with Gasteiger partial charge in [0.25, 0.3) is 0 Å².